The van der Waals surface area contributed by atoms with Crippen molar-refractivity contribution < 1.29 is 19.1 Å². The fourth-order valence-corrected chi connectivity index (χ4v) is 2.49. The smallest absolute Gasteiger partial charge is 0.338 e. The number of ether oxygens (including phenoxy) is 2. The molecule has 5 nitrogen and oxygen atoms in total. The largest absolute Gasteiger partial charge is 0.481 e. The van der Waals surface area contributed by atoms with Crippen molar-refractivity contribution in [1.29, 1.82) is 0 Å². The minimum absolute atomic E-state index is 0.256. The van der Waals surface area contributed by atoms with Gasteiger partial charge in [0.2, 0.25) is 0 Å². The summed E-state index contributed by atoms with van der Waals surface area (Å²) in [6.45, 7) is 6.17. The number of carbonyl (C=O) groups is 2. The summed E-state index contributed by atoms with van der Waals surface area (Å²) in [5.41, 5.74) is 2.30. The number of anilines is 1. The minimum atomic E-state index is -0.642. The van der Waals surface area contributed by atoms with Crippen LogP contribution in [0.25, 0.3) is 0 Å². The number of carbonyl (C=O) groups excluding carboxylic acids is 2. The molecule has 0 bridgehead atoms. The van der Waals surface area contributed by atoms with Gasteiger partial charge >= 0.3 is 5.97 Å². The van der Waals surface area contributed by atoms with Crippen molar-refractivity contribution in [1.82, 2.24) is 0 Å². The van der Waals surface area contributed by atoms with Crippen LogP contribution in [0.15, 0.2) is 48.5 Å². The lowest BCUT2D eigenvalue weighted by molar-refractivity contribution is -0.122. The molecule has 2 aromatic rings. The maximum atomic E-state index is 12.3. The van der Waals surface area contributed by atoms with E-state index >= 15 is 0 Å². The molecule has 144 valence electrons. The van der Waals surface area contributed by atoms with Crippen LogP contribution in [0.5, 0.6) is 5.75 Å². The molecule has 0 aliphatic heterocycles. The molecule has 1 atom stereocenters. The minimum Gasteiger partial charge on any atom is -0.481 e. The number of amides is 1. The zero-order valence-electron chi connectivity index (χ0n) is 16.2. The normalized spacial score (nSPS) is 11.5. The van der Waals surface area contributed by atoms with Gasteiger partial charge in [-0.3, -0.25) is 4.79 Å². The van der Waals surface area contributed by atoms with Crippen LogP contribution in [-0.2, 0) is 16.0 Å². The molecule has 1 N–H and O–H groups in total. The summed E-state index contributed by atoms with van der Waals surface area (Å²) in [4.78, 5) is 24.1. The SMILES string of the molecule is CCCOC(=O)c1ccc(NC(=O)C(C)Oc2ccc(CCC)cc2)cc1. The lowest BCUT2D eigenvalue weighted by atomic mass is 10.1. The fourth-order valence-electron chi connectivity index (χ4n) is 2.49. The van der Waals surface area contributed by atoms with Gasteiger partial charge in [-0.25, -0.2) is 4.79 Å². The Morgan fingerprint density at radius 2 is 1.63 bits per heavy atom. The topological polar surface area (TPSA) is 64.6 Å². The molecule has 0 saturated carbocycles. The molecule has 1 unspecified atom stereocenters. The molecule has 5 heteroatoms. The third kappa shape index (κ3) is 6.44. The van der Waals surface area contributed by atoms with Crippen molar-refractivity contribution in [3.63, 3.8) is 0 Å². The molecular formula is C22H27NO4. The van der Waals surface area contributed by atoms with Crippen LogP contribution >= 0.6 is 0 Å². The Morgan fingerprint density at radius 1 is 0.963 bits per heavy atom. The van der Waals surface area contributed by atoms with Crippen molar-refractivity contribution in [2.75, 3.05) is 11.9 Å². The quantitative estimate of drug-likeness (QED) is 0.656. The third-order valence-corrected chi connectivity index (χ3v) is 3.97. The van der Waals surface area contributed by atoms with Gasteiger partial charge < -0.3 is 14.8 Å². The molecule has 0 fully saturated rings. The molecule has 0 spiro atoms. The Hall–Kier alpha value is -2.82. The number of hydrogen-bond donors (Lipinski definition) is 1. The first-order chi connectivity index (χ1) is 13.0. The highest BCUT2D eigenvalue weighted by Gasteiger charge is 2.15. The summed E-state index contributed by atoms with van der Waals surface area (Å²) >= 11 is 0. The van der Waals surface area contributed by atoms with E-state index in [9.17, 15) is 9.59 Å². The van der Waals surface area contributed by atoms with E-state index in [4.69, 9.17) is 9.47 Å². The zero-order valence-corrected chi connectivity index (χ0v) is 16.2. The van der Waals surface area contributed by atoms with E-state index in [1.165, 1.54) is 5.56 Å². The van der Waals surface area contributed by atoms with Crippen LogP contribution < -0.4 is 10.1 Å². The Bertz CT molecular complexity index is 738. The Morgan fingerprint density at radius 3 is 2.22 bits per heavy atom. The molecule has 0 aliphatic rings. The molecule has 0 heterocycles. The summed E-state index contributed by atoms with van der Waals surface area (Å²) in [5, 5.41) is 2.79. The molecular weight excluding hydrogens is 342 g/mol. The van der Waals surface area contributed by atoms with Gasteiger partial charge in [0.1, 0.15) is 5.75 Å². The van der Waals surface area contributed by atoms with Crippen LogP contribution in [0.3, 0.4) is 0 Å². The van der Waals surface area contributed by atoms with Crippen LogP contribution in [0.1, 0.15) is 49.5 Å². The average Bonchev–Trinajstić information content (AvgIpc) is 2.68. The summed E-state index contributed by atoms with van der Waals surface area (Å²) in [6, 6.07) is 14.4. The summed E-state index contributed by atoms with van der Waals surface area (Å²) < 4.78 is 10.8. The van der Waals surface area contributed by atoms with Crippen molar-refractivity contribution in [3.05, 3.63) is 59.7 Å². The summed E-state index contributed by atoms with van der Waals surface area (Å²) in [5.74, 6) is 0.0402. The van der Waals surface area contributed by atoms with Gasteiger partial charge in [-0.15, -0.1) is 0 Å². The van der Waals surface area contributed by atoms with Crippen molar-refractivity contribution in [2.45, 2.75) is 46.1 Å². The van der Waals surface area contributed by atoms with Gasteiger partial charge in [0.15, 0.2) is 6.10 Å². The second-order valence-electron chi connectivity index (χ2n) is 6.36. The molecule has 0 saturated heterocycles. The molecule has 2 aromatic carbocycles. The molecule has 1 amide bonds. The monoisotopic (exact) mass is 369 g/mol. The van der Waals surface area contributed by atoms with Gasteiger partial charge in [-0.1, -0.05) is 32.4 Å². The van der Waals surface area contributed by atoms with Gasteiger partial charge in [0.25, 0.3) is 5.91 Å². The number of hydrogen-bond acceptors (Lipinski definition) is 4. The van der Waals surface area contributed by atoms with Crippen molar-refractivity contribution in [2.24, 2.45) is 0 Å². The number of rotatable bonds is 9. The van der Waals surface area contributed by atoms with Gasteiger partial charge in [0, 0.05) is 5.69 Å². The molecule has 0 radical (unpaired) electrons. The van der Waals surface area contributed by atoms with Crippen LogP contribution in [0, 0.1) is 0 Å². The standard InChI is InChI=1S/C22H27NO4/c1-4-6-17-7-13-20(14-8-17)27-16(3)21(24)23-19-11-9-18(10-12-19)22(25)26-15-5-2/h7-14,16H,4-6,15H2,1-3H3,(H,23,24). The second-order valence-corrected chi connectivity index (χ2v) is 6.36. The number of benzene rings is 2. The number of nitrogens with one attached hydrogen (secondary N) is 1. The Labute approximate surface area is 160 Å². The maximum Gasteiger partial charge on any atom is 0.338 e. The lowest BCUT2D eigenvalue weighted by Gasteiger charge is -2.15. The zero-order chi connectivity index (χ0) is 19.6. The van der Waals surface area contributed by atoms with E-state index in [-0.39, 0.29) is 11.9 Å². The molecule has 0 aliphatic carbocycles. The highest BCUT2D eigenvalue weighted by molar-refractivity contribution is 5.95. The molecule has 2 rings (SSSR count). The predicted molar refractivity (Wildman–Crippen MR) is 106 cm³/mol. The first-order valence-corrected chi connectivity index (χ1v) is 9.37. The lowest BCUT2D eigenvalue weighted by Crippen LogP contribution is -2.30. The van der Waals surface area contributed by atoms with E-state index in [1.54, 1.807) is 31.2 Å². The summed E-state index contributed by atoms with van der Waals surface area (Å²) in [7, 11) is 0. The third-order valence-electron chi connectivity index (χ3n) is 3.97. The second kappa shape index (κ2) is 10.4. The first kappa shape index (κ1) is 20.5. The maximum absolute atomic E-state index is 12.3. The van der Waals surface area contributed by atoms with E-state index in [2.05, 4.69) is 12.2 Å². The van der Waals surface area contributed by atoms with E-state index in [0.717, 1.165) is 19.3 Å². The Balaban J connectivity index is 1.89. The first-order valence-electron chi connectivity index (χ1n) is 9.37. The number of aryl methyl sites for hydroxylation is 1. The predicted octanol–water partition coefficient (Wildman–Crippen LogP) is 4.61. The molecule has 27 heavy (non-hydrogen) atoms. The molecule has 0 aromatic heterocycles. The van der Waals surface area contributed by atoms with Gasteiger partial charge in [-0.2, -0.15) is 0 Å². The fraction of sp³-hybridized carbons (Fsp3) is 0.364. The van der Waals surface area contributed by atoms with E-state index in [1.807, 2.05) is 31.2 Å². The average molecular weight is 369 g/mol. The van der Waals surface area contributed by atoms with Gasteiger partial charge in [-0.05, 0) is 61.7 Å². The van der Waals surface area contributed by atoms with Gasteiger partial charge in [0.05, 0.1) is 12.2 Å². The van der Waals surface area contributed by atoms with Crippen LogP contribution in [0.4, 0.5) is 5.69 Å². The highest BCUT2D eigenvalue weighted by Crippen LogP contribution is 2.16. The van der Waals surface area contributed by atoms with E-state index < -0.39 is 6.10 Å². The highest BCUT2D eigenvalue weighted by atomic mass is 16.5. The summed E-state index contributed by atoms with van der Waals surface area (Å²) in [6.07, 6.45) is 2.25. The Kier molecular flexibility index (Phi) is 7.86. The van der Waals surface area contributed by atoms with Crippen LogP contribution in [0.2, 0.25) is 0 Å². The number of esters is 1. The van der Waals surface area contributed by atoms with Crippen LogP contribution in [-0.4, -0.2) is 24.6 Å². The van der Waals surface area contributed by atoms with Crippen molar-refractivity contribution in [3.8, 4) is 5.75 Å². The van der Waals surface area contributed by atoms with E-state index in [0.29, 0.717) is 23.6 Å². The van der Waals surface area contributed by atoms with Crippen molar-refractivity contribution >= 4 is 17.6 Å².